The van der Waals surface area contributed by atoms with Crippen LogP contribution in [0.4, 0.5) is 0 Å². The molecule has 2 N–H and O–H groups in total. The molecule has 1 saturated heterocycles. The van der Waals surface area contributed by atoms with Crippen molar-refractivity contribution in [3.63, 3.8) is 0 Å². The van der Waals surface area contributed by atoms with Crippen molar-refractivity contribution in [2.45, 2.75) is 33.2 Å². The zero-order valence-electron chi connectivity index (χ0n) is 16.2. The Morgan fingerprint density at radius 3 is 2.44 bits per heavy atom. The van der Waals surface area contributed by atoms with E-state index in [-0.39, 0.29) is 0 Å². The number of piperazine rings is 1. The van der Waals surface area contributed by atoms with Crippen LogP contribution in [-0.4, -0.2) is 68.6 Å². The molecule has 1 fully saturated rings. The molecule has 0 spiro atoms. The van der Waals surface area contributed by atoms with Gasteiger partial charge in [0.15, 0.2) is 5.96 Å². The minimum atomic E-state index is 0.814. The minimum Gasteiger partial charge on any atom is -0.356 e. The lowest BCUT2D eigenvalue weighted by Crippen LogP contribution is -2.46. The molecule has 5 nitrogen and oxygen atoms in total. The molecule has 1 heterocycles. The average molecular weight is 346 g/mol. The molecule has 2 rings (SSSR count). The van der Waals surface area contributed by atoms with Gasteiger partial charge >= 0.3 is 0 Å². The van der Waals surface area contributed by atoms with Crippen LogP contribution in [0.3, 0.4) is 0 Å². The lowest BCUT2D eigenvalue weighted by Gasteiger charge is -2.34. The van der Waals surface area contributed by atoms with E-state index in [2.05, 4.69) is 63.5 Å². The summed E-state index contributed by atoms with van der Waals surface area (Å²) in [6.45, 7) is 13.5. The number of nitrogens with zero attached hydrogens (tertiary/aromatic N) is 3. The highest BCUT2D eigenvalue weighted by Gasteiger charge is 2.14. The van der Waals surface area contributed by atoms with Gasteiger partial charge in [0.1, 0.15) is 0 Å². The molecule has 0 bridgehead atoms. The predicted molar refractivity (Wildman–Crippen MR) is 107 cm³/mol. The molecule has 0 radical (unpaired) electrons. The largest absolute Gasteiger partial charge is 0.356 e. The number of benzene rings is 1. The lowest BCUT2D eigenvalue weighted by molar-refractivity contribution is 0.136. The topological polar surface area (TPSA) is 42.9 Å². The molecule has 5 heteroatoms. The molecule has 0 saturated carbocycles. The molecule has 0 amide bonds. The molecule has 1 aliphatic rings. The van der Waals surface area contributed by atoms with Crippen LogP contribution >= 0.6 is 0 Å². The molecule has 0 aromatic heterocycles. The smallest absolute Gasteiger partial charge is 0.191 e. The molecule has 140 valence electrons. The molecule has 0 atom stereocenters. The Bertz CT molecular complexity index is 521. The number of nitrogens with one attached hydrogen (secondary N) is 2. The van der Waals surface area contributed by atoms with Crippen LogP contribution in [0, 0.1) is 6.92 Å². The van der Waals surface area contributed by atoms with Gasteiger partial charge in [-0.05, 0) is 44.0 Å². The number of rotatable bonds is 8. The molecule has 1 aromatic carbocycles. The van der Waals surface area contributed by atoms with E-state index in [1.165, 1.54) is 63.2 Å². The Kier molecular flexibility index (Phi) is 8.77. The summed E-state index contributed by atoms with van der Waals surface area (Å²) < 4.78 is 0. The van der Waals surface area contributed by atoms with Gasteiger partial charge < -0.3 is 20.4 Å². The Balaban J connectivity index is 1.56. The van der Waals surface area contributed by atoms with E-state index >= 15 is 0 Å². The summed E-state index contributed by atoms with van der Waals surface area (Å²) in [7, 11) is 1.83. The predicted octanol–water partition coefficient (Wildman–Crippen LogP) is 2.08. The summed E-state index contributed by atoms with van der Waals surface area (Å²) in [5, 5.41) is 6.83. The second-order valence-corrected chi connectivity index (χ2v) is 6.76. The summed E-state index contributed by atoms with van der Waals surface area (Å²) in [6, 6.07) is 8.47. The van der Waals surface area contributed by atoms with E-state index in [0.717, 1.165) is 19.0 Å². The standard InChI is InChI=1S/C20H35N5/c1-4-24-13-15-25(16-14-24)12-8-7-11-22-20(21-3)23-17-19-10-6-5-9-18(19)2/h5-6,9-10H,4,7-8,11-17H2,1-3H3,(H2,21,22,23). The van der Waals surface area contributed by atoms with Gasteiger partial charge in [0.25, 0.3) is 0 Å². The van der Waals surface area contributed by atoms with Crippen molar-refractivity contribution in [1.29, 1.82) is 0 Å². The van der Waals surface area contributed by atoms with Crippen LogP contribution in [0.25, 0.3) is 0 Å². The highest BCUT2D eigenvalue weighted by atomic mass is 15.3. The monoisotopic (exact) mass is 345 g/mol. The Morgan fingerprint density at radius 1 is 1.04 bits per heavy atom. The van der Waals surface area contributed by atoms with E-state index < -0.39 is 0 Å². The zero-order chi connectivity index (χ0) is 17.9. The van der Waals surface area contributed by atoms with Gasteiger partial charge in [-0.3, -0.25) is 4.99 Å². The number of aryl methyl sites for hydroxylation is 1. The molecular formula is C20H35N5. The minimum absolute atomic E-state index is 0.814. The summed E-state index contributed by atoms with van der Waals surface area (Å²) in [5.74, 6) is 0.889. The maximum Gasteiger partial charge on any atom is 0.191 e. The number of guanidine groups is 1. The summed E-state index contributed by atoms with van der Waals surface area (Å²) in [6.07, 6.45) is 2.42. The third-order valence-corrected chi connectivity index (χ3v) is 5.04. The van der Waals surface area contributed by atoms with Crippen LogP contribution in [0.1, 0.15) is 30.9 Å². The van der Waals surface area contributed by atoms with Crippen LogP contribution < -0.4 is 10.6 Å². The number of aliphatic imine (C=N–C) groups is 1. The van der Waals surface area contributed by atoms with Crippen molar-refractivity contribution >= 4 is 5.96 Å². The third-order valence-electron chi connectivity index (χ3n) is 5.04. The van der Waals surface area contributed by atoms with E-state index in [0.29, 0.717) is 0 Å². The molecule has 0 unspecified atom stereocenters. The van der Waals surface area contributed by atoms with Gasteiger partial charge in [0, 0.05) is 46.3 Å². The first-order valence-electron chi connectivity index (χ1n) is 9.66. The van der Waals surface area contributed by atoms with Gasteiger partial charge in [0.05, 0.1) is 0 Å². The highest BCUT2D eigenvalue weighted by Crippen LogP contribution is 2.06. The SMILES string of the molecule is CCN1CCN(CCCCNC(=NC)NCc2ccccc2C)CC1. The first-order chi connectivity index (χ1) is 12.2. The van der Waals surface area contributed by atoms with E-state index in [9.17, 15) is 0 Å². The molecular weight excluding hydrogens is 310 g/mol. The van der Waals surface area contributed by atoms with Gasteiger partial charge in [-0.2, -0.15) is 0 Å². The maximum absolute atomic E-state index is 4.32. The fraction of sp³-hybridized carbons (Fsp3) is 0.650. The zero-order valence-corrected chi connectivity index (χ0v) is 16.2. The molecule has 25 heavy (non-hydrogen) atoms. The summed E-state index contributed by atoms with van der Waals surface area (Å²) >= 11 is 0. The number of hydrogen-bond donors (Lipinski definition) is 2. The highest BCUT2D eigenvalue weighted by molar-refractivity contribution is 5.79. The molecule has 0 aliphatic carbocycles. The number of unbranched alkanes of at least 4 members (excludes halogenated alkanes) is 1. The van der Waals surface area contributed by atoms with Crippen molar-refractivity contribution in [3.05, 3.63) is 35.4 Å². The molecule has 1 aliphatic heterocycles. The van der Waals surface area contributed by atoms with Crippen molar-refractivity contribution in [1.82, 2.24) is 20.4 Å². The fourth-order valence-corrected chi connectivity index (χ4v) is 3.20. The van der Waals surface area contributed by atoms with Crippen molar-refractivity contribution in [2.75, 3.05) is 52.9 Å². The lowest BCUT2D eigenvalue weighted by atomic mass is 10.1. The first-order valence-corrected chi connectivity index (χ1v) is 9.66. The Labute approximate surface area is 153 Å². The first kappa shape index (κ1) is 19.7. The van der Waals surface area contributed by atoms with E-state index in [1.807, 2.05) is 7.05 Å². The van der Waals surface area contributed by atoms with E-state index in [4.69, 9.17) is 0 Å². The maximum atomic E-state index is 4.32. The van der Waals surface area contributed by atoms with E-state index in [1.54, 1.807) is 0 Å². The summed E-state index contributed by atoms with van der Waals surface area (Å²) in [5.41, 5.74) is 2.63. The van der Waals surface area contributed by atoms with Gasteiger partial charge in [-0.15, -0.1) is 0 Å². The fourth-order valence-electron chi connectivity index (χ4n) is 3.20. The van der Waals surface area contributed by atoms with Gasteiger partial charge in [-0.1, -0.05) is 31.2 Å². The average Bonchev–Trinajstić information content (AvgIpc) is 2.65. The van der Waals surface area contributed by atoms with Gasteiger partial charge in [0.2, 0.25) is 0 Å². The third kappa shape index (κ3) is 7.04. The Hall–Kier alpha value is -1.59. The van der Waals surface area contributed by atoms with Gasteiger partial charge in [-0.25, -0.2) is 0 Å². The molecule has 1 aromatic rings. The van der Waals surface area contributed by atoms with Crippen molar-refractivity contribution < 1.29 is 0 Å². The van der Waals surface area contributed by atoms with Crippen LogP contribution in [0.2, 0.25) is 0 Å². The van der Waals surface area contributed by atoms with Crippen LogP contribution in [0.5, 0.6) is 0 Å². The second kappa shape index (κ2) is 11.1. The Morgan fingerprint density at radius 2 is 1.76 bits per heavy atom. The van der Waals surface area contributed by atoms with Crippen LogP contribution in [0.15, 0.2) is 29.3 Å². The number of hydrogen-bond acceptors (Lipinski definition) is 3. The summed E-state index contributed by atoms with van der Waals surface area (Å²) in [4.78, 5) is 9.44. The second-order valence-electron chi connectivity index (χ2n) is 6.76. The normalized spacial score (nSPS) is 16.8. The van der Waals surface area contributed by atoms with Crippen LogP contribution in [-0.2, 0) is 6.54 Å². The quantitative estimate of drug-likeness (QED) is 0.430. The van der Waals surface area contributed by atoms with Crippen molar-refractivity contribution in [2.24, 2.45) is 4.99 Å². The van der Waals surface area contributed by atoms with Crippen molar-refractivity contribution in [3.8, 4) is 0 Å². The number of likely N-dealkylation sites (N-methyl/N-ethyl adjacent to an activating group) is 1.